The fourth-order valence-corrected chi connectivity index (χ4v) is 3.48. The lowest BCUT2D eigenvalue weighted by molar-refractivity contribution is -0.140. The third-order valence-corrected chi connectivity index (χ3v) is 5.26. The molecule has 2 aromatic rings. The van der Waals surface area contributed by atoms with Crippen molar-refractivity contribution in [2.24, 2.45) is 5.92 Å². The third kappa shape index (κ3) is 4.36. The Balaban J connectivity index is 1.88. The van der Waals surface area contributed by atoms with E-state index in [1.54, 1.807) is 16.8 Å². The Kier molecular flexibility index (Phi) is 6.02. The molecular formula is C19H22Cl2N2O2. The molecule has 1 aromatic carbocycles. The van der Waals surface area contributed by atoms with Crippen molar-refractivity contribution in [1.82, 2.24) is 9.78 Å². The van der Waals surface area contributed by atoms with Gasteiger partial charge in [0.1, 0.15) is 0 Å². The van der Waals surface area contributed by atoms with Crippen molar-refractivity contribution in [1.29, 1.82) is 0 Å². The number of halogens is 2. The van der Waals surface area contributed by atoms with Crippen molar-refractivity contribution >= 4 is 29.2 Å². The second-order valence-corrected chi connectivity index (χ2v) is 7.30. The minimum atomic E-state index is -0.163. The second kappa shape index (κ2) is 8.24. The van der Waals surface area contributed by atoms with Crippen LogP contribution in [0.3, 0.4) is 0 Å². The Morgan fingerprint density at radius 2 is 1.96 bits per heavy atom. The van der Waals surface area contributed by atoms with Gasteiger partial charge in [0.15, 0.2) is 0 Å². The van der Waals surface area contributed by atoms with E-state index in [4.69, 9.17) is 27.9 Å². The maximum atomic E-state index is 12.5. The summed E-state index contributed by atoms with van der Waals surface area (Å²) >= 11 is 12.1. The largest absolute Gasteiger partial charge is 0.407 e. The summed E-state index contributed by atoms with van der Waals surface area (Å²) in [6.07, 6.45) is 6.98. The molecule has 1 saturated carbocycles. The summed E-state index contributed by atoms with van der Waals surface area (Å²) in [7, 11) is 0. The predicted molar refractivity (Wildman–Crippen MR) is 99.8 cm³/mol. The van der Waals surface area contributed by atoms with E-state index in [1.165, 1.54) is 6.42 Å². The van der Waals surface area contributed by atoms with Gasteiger partial charge in [-0.2, -0.15) is 5.10 Å². The van der Waals surface area contributed by atoms with E-state index < -0.39 is 0 Å². The molecule has 4 nitrogen and oxygen atoms in total. The number of nitrogens with zero attached hydrogens (tertiary/aromatic N) is 2. The van der Waals surface area contributed by atoms with Crippen molar-refractivity contribution in [3.05, 3.63) is 40.0 Å². The molecule has 0 N–H and O–H groups in total. The average molecular weight is 381 g/mol. The van der Waals surface area contributed by atoms with Crippen LogP contribution in [0, 0.1) is 5.92 Å². The Bertz CT molecular complexity index is 752. The average Bonchev–Trinajstić information content (AvgIpc) is 3.01. The van der Waals surface area contributed by atoms with E-state index >= 15 is 0 Å². The molecule has 0 saturated heterocycles. The quantitative estimate of drug-likeness (QED) is 0.632. The van der Waals surface area contributed by atoms with Crippen molar-refractivity contribution < 1.29 is 9.53 Å². The normalized spacial score (nSPS) is 15.3. The molecule has 0 spiro atoms. The molecule has 134 valence electrons. The van der Waals surface area contributed by atoms with Gasteiger partial charge in [-0.15, -0.1) is 0 Å². The van der Waals surface area contributed by atoms with E-state index in [0.29, 0.717) is 15.9 Å². The molecule has 1 fully saturated rings. The zero-order chi connectivity index (χ0) is 17.8. The lowest BCUT2D eigenvalue weighted by Crippen LogP contribution is -2.23. The van der Waals surface area contributed by atoms with Gasteiger partial charge in [0.2, 0.25) is 5.88 Å². The number of carbonyl (C=O) groups is 1. The molecule has 6 heteroatoms. The van der Waals surface area contributed by atoms with Crippen LogP contribution in [0.2, 0.25) is 10.0 Å². The summed E-state index contributed by atoms with van der Waals surface area (Å²) in [5.74, 6) is 0.266. The van der Waals surface area contributed by atoms with Crippen LogP contribution < -0.4 is 4.74 Å². The lowest BCUT2D eigenvalue weighted by atomic mass is 9.89. The van der Waals surface area contributed by atoms with Gasteiger partial charge in [0.05, 0.1) is 27.3 Å². The molecule has 1 aromatic heterocycles. The molecule has 0 aliphatic heterocycles. The number of aromatic nitrogens is 2. The summed E-state index contributed by atoms with van der Waals surface area (Å²) in [4.78, 5) is 12.5. The van der Waals surface area contributed by atoms with E-state index in [0.717, 1.165) is 49.9 Å². The van der Waals surface area contributed by atoms with Gasteiger partial charge >= 0.3 is 5.97 Å². The van der Waals surface area contributed by atoms with E-state index in [1.807, 2.05) is 12.1 Å². The van der Waals surface area contributed by atoms with Crippen molar-refractivity contribution in [3.8, 4) is 11.6 Å². The van der Waals surface area contributed by atoms with Crippen LogP contribution in [-0.4, -0.2) is 15.7 Å². The van der Waals surface area contributed by atoms with Crippen molar-refractivity contribution in [2.45, 2.75) is 51.9 Å². The van der Waals surface area contributed by atoms with Crippen LogP contribution in [0.5, 0.6) is 5.88 Å². The predicted octanol–water partition coefficient (Wildman–Crippen LogP) is 5.62. The van der Waals surface area contributed by atoms with Gasteiger partial charge < -0.3 is 4.74 Å². The van der Waals surface area contributed by atoms with Gasteiger partial charge in [-0.25, -0.2) is 4.68 Å². The van der Waals surface area contributed by atoms with Gasteiger partial charge in [-0.1, -0.05) is 55.8 Å². The van der Waals surface area contributed by atoms with Crippen LogP contribution in [-0.2, 0) is 11.2 Å². The molecule has 25 heavy (non-hydrogen) atoms. The summed E-state index contributed by atoms with van der Waals surface area (Å²) in [5.41, 5.74) is 1.61. The van der Waals surface area contributed by atoms with E-state index in [-0.39, 0.29) is 11.9 Å². The number of ether oxygens (including phenoxy) is 1. The molecule has 0 amide bonds. The van der Waals surface area contributed by atoms with Gasteiger partial charge in [0, 0.05) is 6.07 Å². The summed E-state index contributed by atoms with van der Waals surface area (Å²) < 4.78 is 7.35. The van der Waals surface area contributed by atoms with Gasteiger partial charge in [-0.3, -0.25) is 4.79 Å². The minimum Gasteiger partial charge on any atom is -0.407 e. The van der Waals surface area contributed by atoms with E-state index in [9.17, 15) is 4.79 Å². The van der Waals surface area contributed by atoms with Crippen molar-refractivity contribution in [2.75, 3.05) is 0 Å². The lowest BCUT2D eigenvalue weighted by Gasteiger charge is -2.19. The molecule has 0 radical (unpaired) electrons. The van der Waals surface area contributed by atoms with Crippen LogP contribution in [0.25, 0.3) is 5.69 Å². The molecule has 0 bridgehead atoms. The minimum absolute atomic E-state index is 0.0134. The maximum Gasteiger partial charge on any atom is 0.315 e. The van der Waals surface area contributed by atoms with Crippen LogP contribution >= 0.6 is 23.2 Å². The van der Waals surface area contributed by atoms with Crippen LogP contribution in [0.15, 0.2) is 24.3 Å². The summed E-state index contributed by atoms with van der Waals surface area (Å²) in [5, 5.41) is 5.50. The smallest absolute Gasteiger partial charge is 0.315 e. The number of hydrogen-bond acceptors (Lipinski definition) is 3. The molecule has 3 rings (SSSR count). The Morgan fingerprint density at radius 1 is 1.20 bits per heavy atom. The van der Waals surface area contributed by atoms with Crippen molar-refractivity contribution in [3.63, 3.8) is 0 Å². The molecule has 1 heterocycles. The van der Waals surface area contributed by atoms with Crippen LogP contribution in [0.4, 0.5) is 0 Å². The highest BCUT2D eigenvalue weighted by Gasteiger charge is 2.25. The molecule has 0 unspecified atom stereocenters. The Morgan fingerprint density at radius 3 is 2.64 bits per heavy atom. The fraction of sp³-hybridized carbons (Fsp3) is 0.474. The molecule has 1 aliphatic carbocycles. The first-order chi connectivity index (χ1) is 12.1. The number of aryl methyl sites for hydroxylation is 1. The molecular weight excluding hydrogens is 359 g/mol. The number of carbonyl (C=O) groups excluding carboxylic acids is 1. The zero-order valence-electron chi connectivity index (χ0n) is 14.3. The number of benzene rings is 1. The van der Waals surface area contributed by atoms with Crippen LogP contribution in [0.1, 0.15) is 51.1 Å². The van der Waals surface area contributed by atoms with Gasteiger partial charge in [0.25, 0.3) is 0 Å². The second-order valence-electron chi connectivity index (χ2n) is 6.49. The Labute approximate surface area is 158 Å². The fourth-order valence-electron chi connectivity index (χ4n) is 3.19. The first-order valence-corrected chi connectivity index (χ1v) is 9.60. The number of esters is 1. The third-order valence-electron chi connectivity index (χ3n) is 4.52. The monoisotopic (exact) mass is 380 g/mol. The maximum absolute atomic E-state index is 12.5. The number of hydrogen-bond donors (Lipinski definition) is 0. The highest BCUT2D eigenvalue weighted by Crippen LogP contribution is 2.29. The summed E-state index contributed by atoms with van der Waals surface area (Å²) in [6, 6.07) is 7.10. The van der Waals surface area contributed by atoms with E-state index in [2.05, 4.69) is 12.0 Å². The highest BCUT2D eigenvalue weighted by molar-refractivity contribution is 6.42. The first kappa shape index (κ1) is 18.3. The van der Waals surface area contributed by atoms with Gasteiger partial charge in [-0.05, 0) is 37.5 Å². The SMILES string of the molecule is CCCc1cc(OC(=O)C2CCCCC2)n(-c2ccc(Cl)c(Cl)c2)n1. The Hall–Kier alpha value is -1.52. The molecule has 0 atom stereocenters. The highest BCUT2D eigenvalue weighted by atomic mass is 35.5. The number of rotatable bonds is 5. The first-order valence-electron chi connectivity index (χ1n) is 8.84. The zero-order valence-corrected chi connectivity index (χ0v) is 15.8. The topological polar surface area (TPSA) is 44.1 Å². The standard InChI is InChI=1S/C19H22Cl2N2O2/c1-2-6-14-11-18(25-19(24)13-7-4-3-5-8-13)23(22-14)15-9-10-16(20)17(21)12-15/h9-13H,2-8H2,1H3. The summed E-state index contributed by atoms with van der Waals surface area (Å²) in [6.45, 7) is 2.09. The molecule has 1 aliphatic rings.